The highest BCUT2D eigenvalue weighted by Gasteiger charge is 2.26. The van der Waals surface area contributed by atoms with Gasteiger partial charge in [0, 0.05) is 46.0 Å². The molecule has 0 saturated heterocycles. The van der Waals surface area contributed by atoms with Crippen molar-refractivity contribution in [3.8, 4) is 5.88 Å². The zero-order valence-electron chi connectivity index (χ0n) is 14.0. The van der Waals surface area contributed by atoms with Crippen LogP contribution in [0.2, 0.25) is 0 Å². The summed E-state index contributed by atoms with van der Waals surface area (Å²) in [6, 6.07) is 10.7. The normalized spacial score (nSPS) is 12.0. The van der Waals surface area contributed by atoms with E-state index in [4.69, 9.17) is 4.74 Å². The molecule has 0 spiro atoms. The summed E-state index contributed by atoms with van der Waals surface area (Å²) in [4.78, 5) is 24.9. The number of ether oxygens (including phenoxy) is 1. The monoisotopic (exact) mass is 364 g/mol. The Morgan fingerprint density at radius 3 is 2.96 bits per heavy atom. The molecule has 0 fully saturated rings. The maximum absolute atomic E-state index is 13.3. The second kappa shape index (κ2) is 6.97. The van der Waals surface area contributed by atoms with E-state index in [1.54, 1.807) is 37.1 Å². The molecule has 3 heterocycles. The van der Waals surface area contributed by atoms with Crippen LogP contribution in [0.5, 0.6) is 5.88 Å². The van der Waals surface area contributed by atoms with Crippen LogP contribution in [0, 0.1) is 0 Å². The summed E-state index contributed by atoms with van der Waals surface area (Å²) in [6.07, 6.45) is 3.39. The third kappa shape index (κ3) is 3.04. The summed E-state index contributed by atoms with van der Waals surface area (Å²) in [5, 5.41) is 6.04. The number of methoxy groups -OCH3 is 1. The second-order valence-corrected chi connectivity index (χ2v) is 6.41. The van der Waals surface area contributed by atoms with E-state index in [2.05, 4.69) is 20.3 Å². The molecule has 6 nitrogen and oxygen atoms in total. The number of H-pyrrole nitrogens is 1. The summed E-state index contributed by atoms with van der Waals surface area (Å²) in [5.41, 5.74) is 4.70. The van der Waals surface area contributed by atoms with Gasteiger partial charge in [0.2, 0.25) is 5.88 Å². The Labute approximate surface area is 153 Å². The quantitative estimate of drug-likeness (QED) is 0.504. The first-order valence-electron chi connectivity index (χ1n) is 8.01. The van der Waals surface area contributed by atoms with Crippen molar-refractivity contribution in [1.29, 1.82) is 0 Å². The topological polar surface area (TPSA) is 79.9 Å². The molecule has 0 saturated carbocycles. The van der Waals surface area contributed by atoms with E-state index < -0.39 is 6.04 Å². The number of aromatic nitrogens is 3. The molecule has 3 aromatic heterocycles. The first kappa shape index (κ1) is 16.3. The first-order valence-corrected chi connectivity index (χ1v) is 8.95. The van der Waals surface area contributed by atoms with Gasteiger partial charge in [-0.15, -0.1) is 11.3 Å². The fourth-order valence-corrected chi connectivity index (χ4v) is 3.43. The Hall–Kier alpha value is -3.19. The zero-order chi connectivity index (χ0) is 17.9. The molecule has 7 heteroatoms. The summed E-state index contributed by atoms with van der Waals surface area (Å²) in [5.74, 6) is 0.427. The summed E-state index contributed by atoms with van der Waals surface area (Å²) >= 11 is 1.46. The number of ketones is 1. The minimum atomic E-state index is -0.604. The smallest absolute Gasteiger partial charge is 0.214 e. The number of aromatic amines is 1. The average Bonchev–Trinajstić information content (AvgIpc) is 3.35. The van der Waals surface area contributed by atoms with E-state index in [9.17, 15) is 4.79 Å². The third-order valence-corrected chi connectivity index (χ3v) is 4.72. The lowest BCUT2D eigenvalue weighted by molar-refractivity contribution is 0.0970. The van der Waals surface area contributed by atoms with Crippen LogP contribution in [0.3, 0.4) is 0 Å². The second-order valence-electron chi connectivity index (χ2n) is 5.69. The van der Waals surface area contributed by atoms with Crippen molar-refractivity contribution < 1.29 is 9.53 Å². The highest BCUT2D eigenvalue weighted by molar-refractivity contribution is 7.07. The lowest BCUT2D eigenvalue weighted by Crippen LogP contribution is -2.21. The van der Waals surface area contributed by atoms with E-state index in [-0.39, 0.29) is 5.78 Å². The maximum Gasteiger partial charge on any atom is 0.214 e. The number of thiazole rings is 1. The summed E-state index contributed by atoms with van der Waals surface area (Å²) in [6.45, 7) is 0. The highest BCUT2D eigenvalue weighted by Crippen LogP contribution is 2.28. The van der Waals surface area contributed by atoms with Gasteiger partial charge in [0.25, 0.3) is 0 Å². The number of carbonyl (C=O) groups excluding carboxylic acids is 1. The van der Waals surface area contributed by atoms with Crippen LogP contribution in [-0.2, 0) is 0 Å². The van der Waals surface area contributed by atoms with Crippen molar-refractivity contribution in [3.63, 3.8) is 0 Å². The van der Waals surface area contributed by atoms with Crippen molar-refractivity contribution in [2.45, 2.75) is 6.04 Å². The molecular formula is C19H16N4O2S. The third-order valence-electron chi connectivity index (χ3n) is 4.12. The number of para-hydroxylation sites is 1. The van der Waals surface area contributed by atoms with Crippen molar-refractivity contribution in [2.75, 3.05) is 12.4 Å². The molecule has 0 aliphatic heterocycles. The molecule has 130 valence electrons. The number of fused-ring (bicyclic) bond motifs is 1. The SMILES string of the molecule is COc1cc(NC(C(=O)c2c[nH]c3ccccc23)c2cscn2)ccn1. The number of nitrogens with zero attached hydrogens (tertiary/aromatic N) is 2. The van der Waals surface area contributed by atoms with E-state index in [0.29, 0.717) is 17.1 Å². The predicted octanol–water partition coefficient (Wildman–Crippen LogP) is 4.06. The lowest BCUT2D eigenvalue weighted by Gasteiger charge is -2.17. The molecule has 26 heavy (non-hydrogen) atoms. The first-order chi connectivity index (χ1) is 12.8. The molecule has 4 aromatic rings. The molecular weight excluding hydrogens is 348 g/mol. The van der Waals surface area contributed by atoms with Gasteiger partial charge in [0.15, 0.2) is 5.78 Å². The van der Waals surface area contributed by atoms with Gasteiger partial charge in [-0.25, -0.2) is 9.97 Å². The van der Waals surface area contributed by atoms with Crippen LogP contribution < -0.4 is 10.1 Å². The molecule has 4 rings (SSSR count). The van der Waals surface area contributed by atoms with Crippen LogP contribution >= 0.6 is 11.3 Å². The summed E-state index contributed by atoms with van der Waals surface area (Å²) < 4.78 is 5.16. The van der Waals surface area contributed by atoms with Crippen LogP contribution in [0.4, 0.5) is 5.69 Å². The van der Waals surface area contributed by atoms with Gasteiger partial charge >= 0.3 is 0 Å². The van der Waals surface area contributed by atoms with Gasteiger partial charge in [-0.1, -0.05) is 18.2 Å². The van der Waals surface area contributed by atoms with Gasteiger partial charge in [0.05, 0.1) is 18.3 Å². The minimum Gasteiger partial charge on any atom is -0.481 e. The average molecular weight is 364 g/mol. The predicted molar refractivity (Wildman–Crippen MR) is 102 cm³/mol. The molecule has 0 bridgehead atoms. The molecule has 1 unspecified atom stereocenters. The number of pyridine rings is 1. The molecule has 1 aromatic carbocycles. The molecule has 0 aliphatic rings. The van der Waals surface area contributed by atoms with E-state index in [1.165, 1.54) is 11.3 Å². The summed E-state index contributed by atoms with van der Waals surface area (Å²) in [7, 11) is 1.56. The molecule has 0 aliphatic carbocycles. The lowest BCUT2D eigenvalue weighted by atomic mass is 10.0. The number of hydrogen-bond donors (Lipinski definition) is 2. The van der Waals surface area contributed by atoms with Crippen molar-refractivity contribution in [3.05, 3.63) is 70.9 Å². The fourth-order valence-electron chi connectivity index (χ4n) is 2.85. The molecule has 0 amide bonds. The van der Waals surface area contributed by atoms with Gasteiger partial charge in [-0.05, 0) is 12.1 Å². The number of anilines is 1. The number of nitrogens with one attached hydrogen (secondary N) is 2. The number of Topliss-reactive ketones (excluding diaryl/α,β-unsaturated/α-hetero) is 1. The molecule has 2 N–H and O–H groups in total. The number of hydrogen-bond acceptors (Lipinski definition) is 6. The zero-order valence-corrected chi connectivity index (χ0v) is 14.8. The number of rotatable bonds is 6. The van der Waals surface area contributed by atoms with Crippen LogP contribution in [0.1, 0.15) is 22.1 Å². The van der Waals surface area contributed by atoms with Crippen LogP contribution in [0.25, 0.3) is 10.9 Å². The van der Waals surface area contributed by atoms with Gasteiger partial charge in [0.1, 0.15) is 6.04 Å². The Kier molecular flexibility index (Phi) is 4.37. The molecule has 0 radical (unpaired) electrons. The standard InChI is InChI=1S/C19H16N4O2S/c1-25-17-8-12(6-7-20-17)23-18(16-10-26-11-22-16)19(24)14-9-21-15-5-3-2-4-13(14)15/h2-11,18,21H,1H3,(H,20,23). The van der Waals surface area contributed by atoms with Crippen LogP contribution in [0.15, 0.2) is 59.7 Å². The fraction of sp³-hybridized carbons (Fsp3) is 0.105. The van der Waals surface area contributed by atoms with Crippen molar-refractivity contribution >= 4 is 33.7 Å². The van der Waals surface area contributed by atoms with E-state index >= 15 is 0 Å². The van der Waals surface area contributed by atoms with E-state index in [1.807, 2.05) is 29.6 Å². The Bertz CT molecular complexity index is 1040. The maximum atomic E-state index is 13.3. The van der Waals surface area contributed by atoms with Gasteiger partial charge in [-0.3, -0.25) is 4.79 Å². The number of carbonyl (C=O) groups is 1. The largest absolute Gasteiger partial charge is 0.481 e. The van der Waals surface area contributed by atoms with Gasteiger partial charge < -0.3 is 15.0 Å². The van der Waals surface area contributed by atoms with Gasteiger partial charge in [-0.2, -0.15) is 0 Å². The molecule has 1 atom stereocenters. The minimum absolute atomic E-state index is 0.0517. The van der Waals surface area contributed by atoms with Crippen molar-refractivity contribution in [1.82, 2.24) is 15.0 Å². The Morgan fingerprint density at radius 1 is 1.27 bits per heavy atom. The number of benzene rings is 1. The highest BCUT2D eigenvalue weighted by atomic mass is 32.1. The van der Waals surface area contributed by atoms with Crippen molar-refractivity contribution in [2.24, 2.45) is 0 Å². The van der Waals surface area contributed by atoms with E-state index in [0.717, 1.165) is 16.6 Å². The van der Waals surface area contributed by atoms with Crippen LogP contribution in [-0.4, -0.2) is 27.8 Å². The Morgan fingerprint density at radius 2 is 2.15 bits per heavy atom. The Balaban J connectivity index is 1.72.